The molecule has 0 aliphatic rings. The topological polar surface area (TPSA) is 119 Å². The second kappa shape index (κ2) is 11.0. The van der Waals surface area contributed by atoms with E-state index in [9.17, 15) is 34.8 Å². The lowest BCUT2D eigenvalue weighted by Crippen LogP contribution is -2.32. The molecule has 0 saturated heterocycles. The molecule has 2 rings (SSSR count). The van der Waals surface area contributed by atoms with Gasteiger partial charge < -0.3 is 10.1 Å². The molecule has 35 heavy (non-hydrogen) atoms. The van der Waals surface area contributed by atoms with Gasteiger partial charge in [0.05, 0.1) is 26.9 Å². The van der Waals surface area contributed by atoms with Gasteiger partial charge in [-0.15, -0.1) is 0 Å². The van der Waals surface area contributed by atoms with E-state index in [1.807, 2.05) is 25.5 Å². The Bertz CT molecular complexity index is 1240. The third kappa shape index (κ3) is 8.22. The quantitative estimate of drug-likeness (QED) is 0.468. The first kappa shape index (κ1) is 28.6. The molecule has 0 fully saturated rings. The molecule has 0 unspecified atom stereocenters. The van der Waals surface area contributed by atoms with Crippen molar-refractivity contribution in [3.8, 4) is 0 Å². The van der Waals surface area contributed by atoms with Crippen LogP contribution >= 0.6 is 0 Å². The SMILES string of the molecule is CC(C)(C)COC(=O)NCCCNS(=O)(=O)c1cc(S(=O)(=O)c2ccccc2)ccc1C(F)(F)F. The molecule has 0 aliphatic carbocycles. The molecule has 8 nitrogen and oxygen atoms in total. The number of hydrogen-bond donors (Lipinski definition) is 2. The standard InChI is InChI=1S/C22H27F3N2O6S2/c1-21(2,3)15-33-20(28)26-12-7-13-27-35(31,32)19-14-17(10-11-18(19)22(23,24)25)34(29,30)16-8-5-4-6-9-16/h4-6,8-11,14,27H,7,12-13,15H2,1-3H3,(H,26,28). The van der Waals surface area contributed by atoms with Crippen molar-refractivity contribution >= 4 is 26.0 Å². The average molecular weight is 537 g/mol. The number of amides is 1. The van der Waals surface area contributed by atoms with Crippen LogP contribution in [0.3, 0.4) is 0 Å². The summed E-state index contributed by atoms with van der Waals surface area (Å²) in [6, 6.07) is 8.57. The molecule has 1 amide bonds. The van der Waals surface area contributed by atoms with E-state index in [-0.39, 0.29) is 36.4 Å². The molecule has 0 radical (unpaired) electrons. The lowest BCUT2D eigenvalue weighted by molar-refractivity contribution is -0.139. The summed E-state index contributed by atoms with van der Waals surface area (Å²) < 4.78 is 98.6. The minimum atomic E-state index is -5.04. The molecule has 0 spiro atoms. The van der Waals surface area contributed by atoms with Crippen LogP contribution in [0.2, 0.25) is 0 Å². The van der Waals surface area contributed by atoms with Crippen molar-refractivity contribution in [3.63, 3.8) is 0 Å². The van der Waals surface area contributed by atoms with Crippen molar-refractivity contribution in [2.75, 3.05) is 19.7 Å². The number of carbonyl (C=O) groups is 1. The summed E-state index contributed by atoms with van der Waals surface area (Å²) in [5.74, 6) is 0. The molecular weight excluding hydrogens is 509 g/mol. The van der Waals surface area contributed by atoms with Gasteiger partial charge in [-0.2, -0.15) is 13.2 Å². The van der Waals surface area contributed by atoms with E-state index in [0.717, 1.165) is 6.07 Å². The lowest BCUT2D eigenvalue weighted by Gasteiger charge is -2.18. The van der Waals surface area contributed by atoms with E-state index in [1.54, 1.807) is 6.07 Å². The van der Waals surface area contributed by atoms with Crippen molar-refractivity contribution in [2.24, 2.45) is 5.41 Å². The van der Waals surface area contributed by atoms with E-state index >= 15 is 0 Å². The minimum absolute atomic E-state index is 0.0000499. The van der Waals surface area contributed by atoms with Crippen LogP contribution < -0.4 is 10.0 Å². The zero-order valence-electron chi connectivity index (χ0n) is 19.3. The van der Waals surface area contributed by atoms with Crippen LogP contribution in [0.25, 0.3) is 0 Å². The number of alkyl halides is 3. The summed E-state index contributed by atoms with van der Waals surface area (Å²) in [5.41, 5.74) is -1.74. The summed E-state index contributed by atoms with van der Waals surface area (Å²) in [7, 11) is -9.01. The van der Waals surface area contributed by atoms with Gasteiger partial charge in [0, 0.05) is 13.1 Å². The van der Waals surface area contributed by atoms with Gasteiger partial charge in [0.2, 0.25) is 19.9 Å². The summed E-state index contributed by atoms with van der Waals surface area (Å²) in [4.78, 5) is 9.62. The van der Waals surface area contributed by atoms with Crippen molar-refractivity contribution in [1.82, 2.24) is 10.0 Å². The van der Waals surface area contributed by atoms with Crippen LogP contribution in [0.15, 0.2) is 63.2 Å². The fourth-order valence-electron chi connectivity index (χ4n) is 2.76. The summed E-state index contributed by atoms with van der Waals surface area (Å²) in [6.45, 7) is 5.45. The largest absolute Gasteiger partial charge is 0.449 e. The van der Waals surface area contributed by atoms with Gasteiger partial charge in [-0.25, -0.2) is 26.4 Å². The molecule has 2 aromatic rings. The van der Waals surface area contributed by atoms with Crippen molar-refractivity contribution in [1.29, 1.82) is 0 Å². The lowest BCUT2D eigenvalue weighted by atomic mass is 9.99. The van der Waals surface area contributed by atoms with Crippen molar-refractivity contribution in [3.05, 3.63) is 54.1 Å². The van der Waals surface area contributed by atoms with Crippen molar-refractivity contribution in [2.45, 2.75) is 48.1 Å². The Kier molecular flexibility index (Phi) is 8.95. The summed E-state index contributed by atoms with van der Waals surface area (Å²) in [5, 5.41) is 2.41. The van der Waals surface area contributed by atoms with E-state index in [0.29, 0.717) is 12.1 Å². The number of nitrogens with one attached hydrogen (secondary N) is 2. The van der Waals surface area contributed by atoms with E-state index < -0.39 is 47.5 Å². The molecule has 194 valence electrons. The van der Waals surface area contributed by atoms with Gasteiger partial charge in [0.1, 0.15) is 0 Å². The maximum absolute atomic E-state index is 13.5. The first-order valence-electron chi connectivity index (χ1n) is 10.5. The number of alkyl carbamates (subject to hydrolysis) is 1. The summed E-state index contributed by atoms with van der Waals surface area (Å²) >= 11 is 0. The van der Waals surface area contributed by atoms with Gasteiger partial charge in [-0.05, 0) is 42.2 Å². The Morgan fingerprint density at radius 2 is 1.54 bits per heavy atom. The van der Waals surface area contributed by atoms with Crippen LogP contribution in [-0.4, -0.2) is 42.6 Å². The number of carbonyl (C=O) groups excluding carboxylic acids is 1. The number of sulfone groups is 1. The maximum atomic E-state index is 13.5. The molecular formula is C22H27F3N2O6S2. The Hall–Kier alpha value is -2.64. The fourth-order valence-corrected chi connectivity index (χ4v) is 5.46. The summed E-state index contributed by atoms with van der Waals surface area (Å²) in [6.07, 6.45) is -5.70. The molecule has 0 atom stereocenters. The zero-order valence-corrected chi connectivity index (χ0v) is 21.0. The van der Waals surface area contributed by atoms with Gasteiger partial charge in [-0.3, -0.25) is 0 Å². The minimum Gasteiger partial charge on any atom is -0.449 e. The van der Waals surface area contributed by atoms with Gasteiger partial charge >= 0.3 is 12.3 Å². The van der Waals surface area contributed by atoms with E-state index in [1.165, 1.54) is 24.3 Å². The van der Waals surface area contributed by atoms with Gasteiger partial charge in [0.15, 0.2) is 0 Å². The third-order valence-electron chi connectivity index (χ3n) is 4.46. The van der Waals surface area contributed by atoms with Gasteiger partial charge in [-0.1, -0.05) is 39.0 Å². The predicted molar refractivity (Wildman–Crippen MR) is 122 cm³/mol. The van der Waals surface area contributed by atoms with Crippen LogP contribution in [0, 0.1) is 5.41 Å². The Morgan fingerprint density at radius 3 is 2.11 bits per heavy atom. The van der Waals surface area contributed by atoms with E-state index in [2.05, 4.69) is 5.32 Å². The first-order valence-corrected chi connectivity index (χ1v) is 13.4. The number of benzene rings is 2. The van der Waals surface area contributed by atoms with E-state index in [4.69, 9.17) is 4.74 Å². The number of halogens is 3. The molecule has 0 aromatic heterocycles. The molecule has 0 saturated carbocycles. The second-order valence-electron chi connectivity index (χ2n) is 8.79. The zero-order chi connectivity index (χ0) is 26.5. The number of sulfonamides is 1. The fraction of sp³-hybridized carbons (Fsp3) is 0.409. The highest BCUT2D eigenvalue weighted by molar-refractivity contribution is 7.91. The predicted octanol–water partition coefficient (Wildman–Crippen LogP) is 3.98. The molecule has 0 bridgehead atoms. The smallest absolute Gasteiger partial charge is 0.417 e. The third-order valence-corrected chi connectivity index (χ3v) is 7.73. The van der Waals surface area contributed by atoms with Crippen LogP contribution in [0.5, 0.6) is 0 Å². The highest BCUT2D eigenvalue weighted by Crippen LogP contribution is 2.36. The van der Waals surface area contributed by atoms with Crippen LogP contribution in [0.1, 0.15) is 32.8 Å². The van der Waals surface area contributed by atoms with Crippen molar-refractivity contribution < 1.29 is 39.5 Å². The molecule has 2 N–H and O–H groups in total. The van der Waals surface area contributed by atoms with Crippen LogP contribution in [-0.2, 0) is 30.8 Å². The second-order valence-corrected chi connectivity index (χ2v) is 12.5. The number of rotatable bonds is 9. The molecule has 2 aromatic carbocycles. The molecule has 0 aliphatic heterocycles. The number of hydrogen-bond acceptors (Lipinski definition) is 6. The molecule has 13 heteroatoms. The van der Waals surface area contributed by atoms with Crippen LogP contribution in [0.4, 0.5) is 18.0 Å². The Balaban J connectivity index is 2.18. The maximum Gasteiger partial charge on any atom is 0.417 e. The van der Waals surface area contributed by atoms with Gasteiger partial charge in [0.25, 0.3) is 0 Å². The highest BCUT2D eigenvalue weighted by atomic mass is 32.2. The number of ether oxygens (including phenoxy) is 1. The normalized spacial score (nSPS) is 12.9. The first-order chi connectivity index (χ1) is 16.0. The Labute approximate surface area is 202 Å². The highest BCUT2D eigenvalue weighted by Gasteiger charge is 2.38. The molecule has 0 heterocycles. The Morgan fingerprint density at radius 1 is 0.914 bits per heavy atom. The average Bonchev–Trinajstić information content (AvgIpc) is 2.76. The monoisotopic (exact) mass is 536 g/mol.